The van der Waals surface area contributed by atoms with Gasteiger partial charge in [0.15, 0.2) is 25.4 Å². The zero-order valence-corrected chi connectivity index (χ0v) is 18.3. The number of ether oxygens (including phenoxy) is 1. The van der Waals surface area contributed by atoms with Crippen molar-refractivity contribution in [3.05, 3.63) is 42.0 Å². The standard InChI is InChI=1S/C19H19N3O6S2/c1-19(2)16-13-5-12(8-22-10-20-9-21-22)14(29(3,24)25)6-11(13)7-15(30(4,26)27)17(16)28-18(19)23/h5-7,9-10H,8H2,1-4H3. The molecule has 0 unspecified atom stereocenters. The van der Waals surface area contributed by atoms with Gasteiger partial charge < -0.3 is 4.74 Å². The van der Waals surface area contributed by atoms with E-state index in [9.17, 15) is 21.6 Å². The second-order valence-corrected chi connectivity index (χ2v) is 11.9. The number of hydrogen-bond donors (Lipinski definition) is 0. The van der Waals surface area contributed by atoms with Crippen LogP contribution in [0.15, 0.2) is 40.6 Å². The molecule has 0 aliphatic carbocycles. The van der Waals surface area contributed by atoms with E-state index in [1.807, 2.05) is 0 Å². The summed E-state index contributed by atoms with van der Waals surface area (Å²) in [6, 6.07) is 4.44. The summed E-state index contributed by atoms with van der Waals surface area (Å²) in [5, 5.41) is 4.97. The van der Waals surface area contributed by atoms with E-state index in [4.69, 9.17) is 4.74 Å². The summed E-state index contributed by atoms with van der Waals surface area (Å²) in [6.07, 6.45) is 4.90. The van der Waals surface area contributed by atoms with Gasteiger partial charge >= 0.3 is 5.97 Å². The molecule has 158 valence electrons. The third-order valence-electron chi connectivity index (χ3n) is 5.17. The first-order valence-corrected chi connectivity index (χ1v) is 12.7. The quantitative estimate of drug-likeness (QED) is 0.433. The molecule has 11 heteroatoms. The Morgan fingerprint density at radius 1 is 1.03 bits per heavy atom. The van der Waals surface area contributed by atoms with Gasteiger partial charge in [-0.2, -0.15) is 5.10 Å². The zero-order chi connectivity index (χ0) is 22.1. The van der Waals surface area contributed by atoms with E-state index >= 15 is 0 Å². The fourth-order valence-electron chi connectivity index (χ4n) is 3.71. The Kier molecular flexibility index (Phi) is 4.34. The molecular weight excluding hydrogens is 430 g/mol. The summed E-state index contributed by atoms with van der Waals surface area (Å²) in [6.45, 7) is 3.43. The van der Waals surface area contributed by atoms with Crippen molar-refractivity contribution in [2.24, 2.45) is 0 Å². The third kappa shape index (κ3) is 3.18. The molecule has 1 aromatic heterocycles. The van der Waals surface area contributed by atoms with Gasteiger partial charge in [-0.05, 0) is 48.4 Å². The van der Waals surface area contributed by atoms with Crippen LogP contribution in [0.4, 0.5) is 0 Å². The second kappa shape index (κ2) is 6.35. The maximum atomic E-state index is 12.5. The van der Waals surface area contributed by atoms with E-state index in [0.717, 1.165) is 12.5 Å². The number of esters is 1. The molecule has 30 heavy (non-hydrogen) atoms. The number of carbonyl (C=O) groups excluding carboxylic acids is 1. The Hall–Kier alpha value is -2.79. The van der Waals surface area contributed by atoms with Crippen LogP contribution in [-0.4, -0.2) is 50.1 Å². The van der Waals surface area contributed by atoms with Crippen molar-refractivity contribution < 1.29 is 26.4 Å². The predicted octanol–water partition coefficient (Wildman–Crippen LogP) is 1.48. The number of rotatable bonds is 4. The molecule has 0 amide bonds. The number of fused-ring (bicyclic) bond motifs is 3. The van der Waals surface area contributed by atoms with Crippen LogP contribution < -0.4 is 4.74 Å². The number of hydrogen-bond acceptors (Lipinski definition) is 8. The monoisotopic (exact) mass is 449 g/mol. The van der Waals surface area contributed by atoms with E-state index in [1.165, 1.54) is 29.5 Å². The number of benzene rings is 2. The second-order valence-electron chi connectivity index (χ2n) is 7.91. The summed E-state index contributed by atoms with van der Waals surface area (Å²) in [5.74, 6) is -0.571. The van der Waals surface area contributed by atoms with E-state index in [0.29, 0.717) is 21.9 Å². The molecule has 1 aliphatic rings. The van der Waals surface area contributed by atoms with Gasteiger partial charge in [-0.1, -0.05) is 0 Å². The van der Waals surface area contributed by atoms with Gasteiger partial charge in [-0.15, -0.1) is 0 Å². The molecule has 0 saturated carbocycles. The molecule has 2 aromatic carbocycles. The average Bonchev–Trinajstić information content (AvgIpc) is 3.19. The molecule has 3 aromatic rings. The summed E-state index contributed by atoms with van der Waals surface area (Å²) in [5.41, 5.74) is -0.240. The van der Waals surface area contributed by atoms with Crippen LogP contribution in [-0.2, 0) is 36.4 Å². The average molecular weight is 450 g/mol. The summed E-state index contributed by atoms with van der Waals surface area (Å²) in [7, 11) is -7.38. The maximum absolute atomic E-state index is 12.5. The van der Waals surface area contributed by atoms with Crippen molar-refractivity contribution in [2.45, 2.75) is 35.6 Å². The lowest BCUT2D eigenvalue weighted by Crippen LogP contribution is -2.26. The lowest BCUT2D eigenvalue weighted by atomic mass is 9.82. The molecule has 4 rings (SSSR count). The molecule has 0 saturated heterocycles. The molecule has 1 aliphatic heterocycles. The van der Waals surface area contributed by atoms with Crippen molar-refractivity contribution in [3.8, 4) is 5.75 Å². The molecule has 0 bridgehead atoms. The molecule has 9 nitrogen and oxygen atoms in total. The highest BCUT2D eigenvalue weighted by atomic mass is 32.2. The van der Waals surface area contributed by atoms with Crippen molar-refractivity contribution in [3.63, 3.8) is 0 Å². The predicted molar refractivity (Wildman–Crippen MR) is 108 cm³/mol. The van der Waals surface area contributed by atoms with Crippen LogP contribution in [0.25, 0.3) is 10.8 Å². The van der Waals surface area contributed by atoms with E-state index in [2.05, 4.69) is 10.1 Å². The normalized spacial score (nSPS) is 15.9. The molecular formula is C19H19N3O6S2. The van der Waals surface area contributed by atoms with Crippen LogP contribution in [0.3, 0.4) is 0 Å². The first-order chi connectivity index (χ1) is 13.8. The fourth-order valence-corrected chi connectivity index (χ4v) is 5.47. The number of nitrogens with zero attached hydrogens (tertiary/aromatic N) is 3. The van der Waals surface area contributed by atoms with Gasteiger partial charge in [0.05, 0.1) is 16.9 Å². The van der Waals surface area contributed by atoms with Crippen molar-refractivity contribution in [1.29, 1.82) is 0 Å². The molecule has 0 atom stereocenters. The van der Waals surface area contributed by atoms with Gasteiger partial charge in [0.2, 0.25) is 0 Å². The van der Waals surface area contributed by atoms with Gasteiger partial charge in [0.25, 0.3) is 0 Å². The van der Waals surface area contributed by atoms with Gasteiger partial charge in [-0.25, -0.2) is 26.5 Å². The summed E-state index contributed by atoms with van der Waals surface area (Å²) in [4.78, 5) is 16.3. The van der Waals surface area contributed by atoms with Crippen LogP contribution >= 0.6 is 0 Å². The van der Waals surface area contributed by atoms with Crippen LogP contribution in [0.5, 0.6) is 5.75 Å². The highest BCUT2D eigenvalue weighted by Gasteiger charge is 2.45. The summed E-state index contributed by atoms with van der Waals surface area (Å²) >= 11 is 0. The van der Waals surface area contributed by atoms with E-state index in [1.54, 1.807) is 19.9 Å². The smallest absolute Gasteiger partial charge is 0.321 e. The Labute approximate surface area is 173 Å². The summed E-state index contributed by atoms with van der Waals surface area (Å²) < 4.78 is 56.6. The minimum absolute atomic E-state index is 0.00110. The number of sulfone groups is 2. The highest BCUT2D eigenvalue weighted by molar-refractivity contribution is 7.91. The lowest BCUT2D eigenvalue weighted by Gasteiger charge is -2.18. The largest absolute Gasteiger partial charge is 0.424 e. The van der Waals surface area contributed by atoms with Crippen molar-refractivity contribution >= 4 is 36.4 Å². The third-order valence-corrected chi connectivity index (χ3v) is 7.45. The van der Waals surface area contributed by atoms with Crippen molar-refractivity contribution in [2.75, 3.05) is 12.5 Å². The Balaban J connectivity index is 2.14. The zero-order valence-electron chi connectivity index (χ0n) is 16.7. The van der Waals surface area contributed by atoms with Gasteiger partial charge in [-0.3, -0.25) is 4.79 Å². The van der Waals surface area contributed by atoms with Gasteiger partial charge in [0.1, 0.15) is 17.6 Å². The van der Waals surface area contributed by atoms with Crippen molar-refractivity contribution in [1.82, 2.24) is 14.8 Å². The molecule has 0 fully saturated rings. The first kappa shape index (κ1) is 20.5. The Morgan fingerprint density at radius 3 is 2.23 bits per heavy atom. The molecule has 0 spiro atoms. The first-order valence-electron chi connectivity index (χ1n) is 8.89. The Morgan fingerprint density at radius 2 is 1.67 bits per heavy atom. The maximum Gasteiger partial charge on any atom is 0.321 e. The minimum atomic E-state index is -3.74. The molecule has 0 N–H and O–H groups in total. The van der Waals surface area contributed by atoms with E-state index in [-0.39, 0.29) is 22.1 Å². The molecule has 0 radical (unpaired) electrons. The minimum Gasteiger partial charge on any atom is -0.424 e. The van der Waals surface area contributed by atoms with Crippen LogP contribution in [0, 0.1) is 0 Å². The topological polar surface area (TPSA) is 125 Å². The lowest BCUT2D eigenvalue weighted by molar-refractivity contribution is -0.137. The number of carbonyl (C=O) groups is 1. The van der Waals surface area contributed by atoms with Crippen LogP contribution in [0.1, 0.15) is 25.0 Å². The SMILES string of the molecule is CC1(C)C(=O)Oc2c(S(C)(=O)=O)cc3cc(S(C)(=O)=O)c(Cn4cncn4)cc3c21. The highest BCUT2D eigenvalue weighted by Crippen LogP contribution is 2.48. The molecule has 2 heterocycles. The van der Waals surface area contributed by atoms with Gasteiger partial charge in [0, 0.05) is 18.1 Å². The Bertz CT molecular complexity index is 1420. The van der Waals surface area contributed by atoms with Crippen LogP contribution in [0.2, 0.25) is 0 Å². The number of aromatic nitrogens is 3. The van der Waals surface area contributed by atoms with E-state index < -0.39 is 31.1 Å². The fraction of sp³-hybridized carbons (Fsp3) is 0.316.